The van der Waals surface area contributed by atoms with Crippen molar-refractivity contribution in [3.05, 3.63) is 102 Å². The summed E-state index contributed by atoms with van der Waals surface area (Å²) in [5, 5.41) is 11.2. The Hall–Kier alpha value is -4.30. The Labute approximate surface area is 282 Å². The zero-order chi connectivity index (χ0) is 33.8. The van der Waals surface area contributed by atoms with Crippen molar-refractivity contribution in [1.82, 2.24) is 14.5 Å². The summed E-state index contributed by atoms with van der Waals surface area (Å²) in [6, 6.07) is 22.7. The van der Waals surface area contributed by atoms with Crippen LogP contribution >= 0.6 is 11.8 Å². The molecule has 0 saturated heterocycles. The van der Waals surface area contributed by atoms with Gasteiger partial charge in [0.2, 0.25) is 5.88 Å². The van der Waals surface area contributed by atoms with Crippen LogP contribution in [0.5, 0.6) is 11.6 Å². The Balaban J connectivity index is 1.53. The Morgan fingerprint density at radius 3 is 2.17 bits per heavy atom. The second kappa shape index (κ2) is 14.2. The number of benzene rings is 2. The Bertz CT molecular complexity index is 1820. The molecule has 1 N–H and O–H groups in total. The van der Waals surface area contributed by atoms with Crippen LogP contribution in [0.15, 0.2) is 84.0 Å². The first-order valence-electron chi connectivity index (χ1n) is 16.2. The Morgan fingerprint density at radius 2 is 1.57 bits per heavy atom. The molecule has 0 amide bonds. The van der Waals surface area contributed by atoms with Gasteiger partial charge < -0.3 is 19.1 Å². The van der Waals surface area contributed by atoms with Crippen LogP contribution in [0.25, 0.3) is 22.0 Å². The van der Waals surface area contributed by atoms with Gasteiger partial charge in [-0.05, 0) is 74.2 Å². The van der Waals surface area contributed by atoms with E-state index in [-0.39, 0.29) is 4.75 Å². The van der Waals surface area contributed by atoms with E-state index in [1.807, 2.05) is 43.6 Å². The minimum Gasteiger partial charge on any atom is -0.487 e. The van der Waals surface area contributed by atoms with Gasteiger partial charge in [-0.25, -0.2) is 4.98 Å². The third-order valence-electron chi connectivity index (χ3n) is 8.03. The van der Waals surface area contributed by atoms with Crippen molar-refractivity contribution in [1.29, 1.82) is 0 Å². The largest absolute Gasteiger partial charge is 0.487 e. The lowest BCUT2D eigenvalue weighted by atomic mass is 9.88. The highest BCUT2D eigenvalue weighted by atomic mass is 32.2. The van der Waals surface area contributed by atoms with Crippen LogP contribution in [-0.4, -0.2) is 37.0 Å². The van der Waals surface area contributed by atoms with E-state index in [1.165, 1.54) is 5.56 Å². The molecule has 2 aromatic carbocycles. The molecule has 0 aliphatic heterocycles. The summed E-state index contributed by atoms with van der Waals surface area (Å²) in [5.74, 6) is 0.549. The number of aliphatic carboxylic acids is 1. The van der Waals surface area contributed by atoms with Crippen LogP contribution in [0.3, 0.4) is 0 Å². The molecule has 246 valence electrons. The van der Waals surface area contributed by atoms with Gasteiger partial charge in [0.25, 0.3) is 0 Å². The fourth-order valence-electron chi connectivity index (χ4n) is 5.39. The highest BCUT2D eigenvalue weighted by molar-refractivity contribution is 8.00. The number of carbonyl (C=O) groups is 1. The number of carboxylic acids is 1. The van der Waals surface area contributed by atoms with Gasteiger partial charge in [0.05, 0.1) is 17.7 Å². The highest BCUT2D eigenvalue weighted by Gasteiger charge is 2.33. The number of rotatable bonds is 13. The highest BCUT2D eigenvalue weighted by Crippen LogP contribution is 2.44. The molecule has 3 aromatic heterocycles. The molecule has 0 aliphatic rings. The first kappa shape index (κ1) is 34.0. The van der Waals surface area contributed by atoms with E-state index in [9.17, 15) is 9.90 Å². The average Bonchev–Trinajstić information content (AvgIpc) is 3.30. The van der Waals surface area contributed by atoms with E-state index in [4.69, 9.17) is 9.47 Å². The van der Waals surface area contributed by atoms with Crippen LogP contribution in [-0.2, 0) is 30.8 Å². The molecule has 0 unspecified atom stereocenters. The second-order valence-corrected chi connectivity index (χ2v) is 15.3. The number of hydrogen-bond donors (Lipinski definition) is 1. The lowest BCUT2D eigenvalue weighted by Crippen LogP contribution is -2.28. The predicted molar refractivity (Wildman–Crippen MR) is 191 cm³/mol. The van der Waals surface area contributed by atoms with Crippen LogP contribution < -0.4 is 9.47 Å². The molecule has 0 aliphatic carbocycles. The van der Waals surface area contributed by atoms with E-state index in [1.54, 1.807) is 25.6 Å². The summed E-state index contributed by atoms with van der Waals surface area (Å²) in [4.78, 5) is 22.5. The number of aromatic nitrogens is 3. The number of nitrogens with zero attached hydrogens (tertiary/aromatic N) is 3. The number of thioether (sulfide) groups is 1. The van der Waals surface area contributed by atoms with Crippen molar-refractivity contribution in [2.24, 2.45) is 5.41 Å². The molecule has 5 aromatic rings. The maximum absolute atomic E-state index is 12.4. The fourth-order valence-corrected chi connectivity index (χ4v) is 6.58. The maximum atomic E-state index is 12.4. The summed E-state index contributed by atoms with van der Waals surface area (Å²) in [6.07, 6.45) is 5.06. The lowest BCUT2D eigenvalue weighted by molar-refractivity contribution is -0.146. The van der Waals surface area contributed by atoms with Crippen LogP contribution in [0.4, 0.5) is 0 Å². The molecule has 5 rings (SSSR count). The number of pyridine rings is 2. The SMILES string of the molecule is CCOc1ccc(-c2ccc(Cn3c(CC(C)(C)C(=O)O)c(SC(C)(C)C)c4cc(OCc5ccc(CC)cn5)ccc43)cc2)cn1. The quantitative estimate of drug-likeness (QED) is 0.127. The third kappa shape index (κ3) is 8.35. The van der Waals surface area contributed by atoms with Crippen LogP contribution in [0.1, 0.15) is 71.0 Å². The first-order valence-corrected chi connectivity index (χ1v) is 17.0. The average molecular weight is 652 g/mol. The summed E-state index contributed by atoms with van der Waals surface area (Å²) in [6.45, 7) is 15.8. The van der Waals surface area contributed by atoms with Crippen molar-refractivity contribution in [3.8, 4) is 22.8 Å². The molecule has 0 fully saturated rings. The van der Waals surface area contributed by atoms with Crippen molar-refractivity contribution in [3.63, 3.8) is 0 Å². The molecular weight excluding hydrogens is 607 g/mol. The van der Waals surface area contributed by atoms with Gasteiger partial charge in [-0.15, -0.1) is 11.8 Å². The number of aryl methyl sites for hydroxylation is 1. The number of carboxylic acid groups (broad SMARTS) is 1. The number of ether oxygens (including phenoxy) is 2. The minimum atomic E-state index is -0.959. The molecule has 8 heteroatoms. The number of fused-ring (bicyclic) bond motifs is 1. The van der Waals surface area contributed by atoms with Crippen LogP contribution in [0.2, 0.25) is 0 Å². The molecular formula is C39H45N3O4S. The molecule has 0 radical (unpaired) electrons. The van der Waals surface area contributed by atoms with E-state index in [2.05, 4.69) is 84.7 Å². The van der Waals surface area contributed by atoms with Gasteiger partial charge in [0, 0.05) is 63.2 Å². The first-order chi connectivity index (χ1) is 22.4. The smallest absolute Gasteiger partial charge is 0.309 e. The van der Waals surface area contributed by atoms with E-state index < -0.39 is 11.4 Å². The molecule has 3 heterocycles. The van der Waals surface area contributed by atoms with E-state index in [0.29, 0.717) is 32.1 Å². The van der Waals surface area contributed by atoms with Gasteiger partial charge in [-0.2, -0.15) is 0 Å². The van der Waals surface area contributed by atoms with Crippen molar-refractivity contribution < 1.29 is 19.4 Å². The van der Waals surface area contributed by atoms with Gasteiger partial charge in [0.15, 0.2) is 0 Å². The summed E-state index contributed by atoms with van der Waals surface area (Å²) in [5.41, 5.74) is 6.37. The zero-order valence-electron chi connectivity index (χ0n) is 28.5. The summed E-state index contributed by atoms with van der Waals surface area (Å²) in [7, 11) is 0. The Kier molecular flexibility index (Phi) is 10.3. The summed E-state index contributed by atoms with van der Waals surface area (Å²) < 4.78 is 13.9. The molecule has 0 bridgehead atoms. The molecule has 47 heavy (non-hydrogen) atoms. The molecule has 0 spiro atoms. The van der Waals surface area contributed by atoms with Crippen LogP contribution in [0, 0.1) is 5.41 Å². The fraction of sp³-hybridized carbons (Fsp3) is 0.359. The molecule has 7 nitrogen and oxygen atoms in total. The van der Waals surface area contributed by atoms with Gasteiger partial charge in [0.1, 0.15) is 12.4 Å². The molecule has 0 saturated carbocycles. The van der Waals surface area contributed by atoms with Crippen molar-refractivity contribution >= 4 is 28.6 Å². The third-order valence-corrected chi connectivity index (χ3v) is 9.30. The Morgan fingerprint density at radius 1 is 0.851 bits per heavy atom. The predicted octanol–water partition coefficient (Wildman–Crippen LogP) is 9.23. The van der Waals surface area contributed by atoms with Gasteiger partial charge >= 0.3 is 5.97 Å². The zero-order valence-corrected chi connectivity index (χ0v) is 29.3. The minimum absolute atomic E-state index is 0.101. The van der Waals surface area contributed by atoms with E-state index >= 15 is 0 Å². The van der Waals surface area contributed by atoms with E-state index in [0.717, 1.165) is 56.0 Å². The maximum Gasteiger partial charge on any atom is 0.309 e. The van der Waals surface area contributed by atoms with Crippen molar-refractivity contribution in [2.75, 3.05) is 6.61 Å². The molecule has 0 atom stereocenters. The van der Waals surface area contributed by atoms with Gasteiger partial charge in [-0.3, -0.25) is 9.78 Å². The monoisotopic (exact) mass is 651 g/mol. The normalized spacial score (nSPS) is 12.0. The topological polar surface area (TPSA) is 86.5 Å². The number of hydrogen-bond acceptors (Lipinski definition) is 6. The standard InChI is InChI=1S/C39H45N3O4S/c1-8-26-12-16-30(40-22-26)25-46-31-17-18-33-32(20-31)36(47-38(3,4)5)34(21-39(6,7)37(43)44)42(33)24-27-10-13-28(14-11-27)29-15-19-35(41-23-29)45-9-2/h10-20,22-23H,8-9,21,24-25H2,1-7H3,(H,43,44). The lowest BCUT2D eigenvalue weighted by Gasteiger charge is -2.24. The van der Waals surface area contributed by atoms with Crippen molar-refractivity contribution in [2.45, 2.75) is 84.1 Å². The summed E-state index contributed by atoms with van der Waals surface area (Å²) >= 11 is 1.77. The van der Waals surface area contributed by atoms with Gasteiger partial charge in [-0.1, -0.05) is 58.0 Å². The second-order valence-electron chi connectivity index (χ2n) is 13.4.